The molecule has 2 aromatic carbocycles. The van der Waals surface area contributed by atoms with E-state index in [1.165, 1.54) is 0 Å². The molecule has 170 valence electrons. The molecule has 0 spiro atoms. The summed E-state index contributed by atoms with van der Waals surface area (Å²) < 4.78 is 0. The molecule has 0 aromatic heterocycles. The van der Waals surface area contributed by atoms with Crippen LogP contribution in [0.25, 0.3) is 0 Å². The maximum atomic E-state index is 12.4. The van der Waals surface area contributed by atoms with Crippen LogP contribution in [0.4, 0.5) is 11.4 Å². The van der Waals surface area contributed by atoms with Crippen molar-refractivity contribution in [2.75, 3.05) is 36.4 Å². The first-order valence-corrected chi connectivity index (χ1v) is 11.5. The molecule has 6 nitrogen and oxygen atoms in total. The second-order valence-electron chi connectivity index (χ2n) is 8.01. The highest BCUT2D eigenvalue weighted by Crippen LogP contribution is 2.30. The number of nitrogens with one attached hydrogen (secondary N) is 2. The van der Waals surface area contributed by atoms with Crippen LogP contribution in [0.2, 0.25) is 10.0 Å². The summed E-state index contributed by atoms with van der Waals surface area (Å²) in [5.74, 6) is -0.164. The minimum atomic E-state index is -0.346. The van der Waals surface area contributed by atoms with Crippen molar-refractivity contribution in [2.45, 2.75) is 20.8 Å². The molecular formula is C23H26Cl2N4O2S. The first kappa shape index (κ1) is 24.3. The van der Waals surface area contributed by atoms with Crippen LogP contribution in [-0.4, -0.2) is 48.0 Å². The van der Waals surface area contributed by atoms with Crippen molar-refractivity contribution in [2.24, 2.45) is 5.92 Å². The van der Waals surface area contributed by atoms with Crippen molar-refractivity contribution < 1.29 is 9.59 Å². The zero-order chi connectivity index (χ0) is 23.4. The molecular weight excluding hydrogens is 467 g/mol. The Morgan fingerprint density at radius 3 is 2.28 bits per heavy atom. The highest BCUT2D eigenvalue weighted by molar-refractivity contribution is 7.80. The molecule has 32 heavy (non-hydrogen) atoms. The Labute approximate surface area is 203 Å². The van der Waals surface area contributed by atoms with Crippen molar-refractivity contribution in [3.8, 4) is 0 Å². The number of carbonyl (C=O) groups is 2. The van der Waals surface area contributed by atoms with Gasteiger partial charge in [-0.2, -0.15) is 0 Å². The van der Waals surface area contributed by atoms with Crippen LogP contribution in [0, 0.1) is 12.8 Å². The summed E-state index contributed by atoms with van der Waals surface area (Å²) in [5.41, 5.74) is 2.89. The third-order valence-electron chi connectivity index (χ3n) is 5.29. The summed E-state index contributed by atoms with van der Waals surface area (Å²) in [4.78, 5) is 28.6. The first-order valence-electron chi connectivity index (χ1n) is 10.4. The van der Waals surface area contributed by atoms with Gasteiger partial charge in [-0.15, -0.1) is 0 Å². The molecule has 2 N–H and O–H groups in total. The molecule has 1 aliphatic heterocycles. The fourth-order valence-electron chi connectivity index (χ4n) is 3.45. The number of aryl methyl sites for hydroxylation is 1. The van der Waals surface area contributed by atoms with Crippen molar-refractivity contribution in [1.29, 1.82) is 0 Å². The summed E-state index contributed by atoms with van der Waals surface area (Å²) in [6.45, 7) is 8.49. The summed E-state index contributed by atoms with van der Waals surface area (Å²) in [6, 6.07) is 10.6. The van der Waals surface area contributed by atoms with E-state index in [0.717, 1.165) is 24.3 Å². The number of anilines is 2. The number of rotatable bonds is 4. The van der Waals surface area contributed by atoms with Gasteiger partial charge in [-0.1, -0.05) is 43.1 Å². The van der Waals surface area contributed by atoms with Gasteiger partial charge in [0.15, 0.2) is 5.11 Å². The molecule has 0 bridgehead atoms. The highest BCUT2D eigenvalue weighted by atomic mass is 35.5. The molecule has 1 saturated heterocycles. The third kappa shape index (κ3) is 5.91. The molecule has 2 amide bonds. The number of hydrogen-bond acceptors (Lipinski definition) is 4. The van der Waals surface area contributed by atoms with Crippen molar-refractivity contribution in [3.05, 3.63) is 57.6 Å². The molecule has 3 rings (SSSR count). The fraction of sp³-hybridized carbons (Fsp3) is 0.348. The molecule has 1 fully saturated rings. The van der Waals surface area contributed by atoms with E-state index in [1.54, 1.807) is 24.3 Å². The Morgan fingerprint density at radius 1 is 1.00 bits per heavy atom. The van der Waals surface area contributed by atoms with E-state index in [-0.39, 0.29) is 22.8 Å². The minimum absolute atomic E-state index is 0.00261. The van der Waals surface area contributed by atoms with Gasteiger partial charge in [-0.05, 0) is 55.0 Å². The van der Waals surface area contributed by atoms with Crippen LogP contribution in [0.3, 0.4) is 0 Å². The summed E-state index contributed by atoms with van der Waals surface area (Å²) in [7, 11) is 0. The van der Waals surface area contributed by atoms with Gasteiger partial charge in [-0.3, -0.25) is 14.9 Å². The smallest absolute Gasteiger partial charge is 0.257 e. The topological polar surface area (TPSA) is 64.7 Å². The van der Waals surface area contributed by atoms with Gasteiger partial charge in [0.25, 0.3) is 5.91 Å². The van der Waals surface area contributed by atoms with Gasteiger partial charge in [0.05, 0.1) is 10.7 Å². The van der Waals surface area contributed by atoms with Crippen molar-refractivity contribution >= 4 is 63.7 Å². The van der Waals surface area contributed by atoms with Crippen LogP contribution in [-0.2, 0) is 4.79 Å². The van der Waals surface area contributed by atoms with E-state index in [0.29, 0.717) is 34.4 Å². The maximum Gasteiger partial charge on any atom is 0.257 e. The van der Waals surface area contributed by atoms with E-state index < -0.39 is 0 Å². The first-order chi connectivity index (χ1) is 15.2. The Balaban J connectivity index is 1.58. The molecule has 0 saturated carbocycles. The van der Waals surface area contributed by atoms with Gasteiger partial charge in [0.1, 0.15) is 0 Å². The van der Waals surface area contributed by atoms with E-state index in [1.807, 2.05) is 37.8 Å². The predicted octanol–water partition coefficient (Wildman–Crippen LogP) is 4.73. The lowest BCUT2D eigenvalue weighted by Crippen LogP contribution is -2.50. The molecule has 9 heteroatoms. The second-order valence-corrected chi connectivity index (χ2v) is 9.23. The number of nitrogens with zero attached hydrogens (tertiary/aromatic N) is 2. The second kappa shape index (κ2) is 10.5. The zero-order valence-electron chi connectivity index (χ0n) is 18.2. The van der Waals surface area contributed by atoms with Crippen molar-refractivity contribution in [3.63, 3.8) is 0 Å². The lowest BCUT2D eigenvalue weighted by molar-refractivity contribution is -0.134. The number of thiocarbonyl (C=S) groups is 1. The molecule has 0 aliphatic carbocycles. The number of halogens is 2. The molecule has 0 unspecified atom stereocenters. The molecule has 0 atom stereocenters. The van der Waals surface area contributed by atoms with Crippen LogP contribution < -0.4 is 15.5 Å². The van der Waals surface area contributed by atoms with E-state index in [9.17, 15) is 9.59 Å². The number of carbonyl (C=O) groups excluding carboxylic acids is 2. The van der Waals surface area contributed by atoms with Gasteiger partial charge >= 0.3 is 0 Å². The Bertz CT molecular complexity index is 1040. The lowest BCUT2D eigenvalue weighted by atomic mass is 10.1. The van der Waals surface area contributed by atoms with Crippen LogP contribution >= 0.6 is 35.4 Å². The number of hydrogen-bond donors (Lipinski definition) is 2. The van der Waals surface area contributed by atoms with Crippen LogP contribution in [0.15, 0.2) is 36.4 Å². The molecule has 0 radical (unpaired) electrons. The van der Waals surface area contributed by atoms with Gasteiger partial charge < -0.3 is 15.1 Å². The largest absolute Gasteiger partial charge is 0.367 e. The lowest BCUT2D eigenvalue weighted by Gasteiger charge is -2.37. The van der Waals surface area contributed by atoms with Gasteiger partial charge in [0.2, 0.25) is 5.91 Å². The van der Waals surface area contributed by atoms with E-state index in [2.05, 4.69) is 15.5 Å². The fourth-order valence-corrected chi connectivity index (χ4v) is 4.14. The number of piperazine rings is 1. The minimum Gasteiger partial charge on any atom is -0.367 e. The number of amides is 2. The van der Waals surface area contributed by atoms with Crippen LogP contribution in [0.5, 0.6) is 0 Å². The highest BCUT2D eigenvalue weighted by Gasteiger charge is 2.24. The van der Waals surface area contributed by atoms with Gasteiger partial charge in [0, 0.05) is 48.4 Å². The summed E-state index contributed by atoms with van der Waals surface area (Å²) in [6.07, 6.45) is 0. The average Bonchev–Trinajstić information content (AvgIpc) is 2.75. The summed E-state index contributed by atoms with van der Waals surface area (Å²) in [5, 5.41) is 6.88. The Morgan fingerprint density at radius 2 is 1.69 bits per heavy atom. The molecule has 1 heterocycles. The quantitative estimate of drug-likeness (QED) is 0.603. The molecule has 2 aromatic rings. The zero-order valence-corrected chi connectivity index (χ0v) is 20.6. The maximum absolute atomic E-state index is 12.4. The van der Waals surface area contributed by atoms with Crippen molar-refractivity contribution in [1.82, 2.24) is 10.2 Å². The monoisotopic (exact) mass is 492 g/mol. The van der Waals surface area contributed by atoms with Crippen LogP contribution in [0.1, 0.15) is 29.8 Å². The standard InChI is InChI=1S/C23H26Cl2N4O2S/c1-14(2)22(31)29-10-8-28(9-11-29)20-7-6-17(13-19(20)25)26-23(32)27-21(30)16-5-4-15(3)18(24)12-16/h4-7,12-14H,8-11H2,1-3H3,(H2,26,27,30,32). The number of benzene rings is 2. The molecule has 1 aliphatic rings. The normalized spacial score (nSPS) is 13.8. The van der Waals surface area contributed by atoms with E-state index >= 15 is 0 Å². The Hall–Kier alpha value is -2.35. The predicted molar refractivity (Wildman–Crippen MR) is 135 cm³/mol. The SMILES string of the molecule is Cc1ccc(C(=O)NC(=S)Nc2ccc(N3CCN(C(=O)C(C)C)CC3)c(Cl)c2)cc1Cl. The Kier molecular flexibility index (Phi) is 7.98. The summed E-state index contributed by atoms with van der Waals surface area (Å²) >= 11 is 17.9. The van der Waals surface area contributed by atoms with E-state index in [4.69, 9.17) is 35.4 Å². The average molecular weight is 493 g/mol. The van der Waals surface area contributed by atoms with Gasteiger partial charge in [-0.25, -0.2) is 0 Å². The third-order valence-corrected chi connectivity index (χ3v) is 6.21.